The number of nitrogens with zero attached hydrogens (tertiary/aromatic N) is 2. The molecule has 2 aromatic heterocycles. The van der Waals surface area contributed by atoms with Crippen molar-refractivity contribution in [2.75, 3.05) is 7.05 Å². The SMILES string of the molecule is CNC(c1cnn(C)c1)c1ccc(Br)s1. The van der Waals surface area contributed by atoms with Gasteiger partial charge in [-0.15, -0.1) is 11.3 Å². The smallest absolute Gasteiger partial charge is 0.0702 e. The van der Waals surface area contributed by atoms with Crippen LogP contribution in [0.15, 0.2) is 28.3 Å². The summed E-state index contributed by atoms with van der Waals surface area (Å²) in [5.74, 6) is 0. The standard InChI is InChI=1S/C10H12BrN3S/c1-12-10(7-5-13-14(2)6-7)8-3-4-9(11)15-8/h3-6,10,12H,1-2H3. The first-order chi connectivity index (χ1) is 7.20. The molecular weight excluding hydrogens is 274 g/mol. The van der Waals surface area contributed by atoms with Crippen LogP contribution in [0.3, 0.4) is 0 Å². The zero-order chi connectivity index (χ0) is 10.8. The number of hydrogen-bond acceptors (Lipinski definition) is 3. The van der Waals surface area contributed by atoms with Gasteiger partial charge < -0.3 is 5.32 Å². The van der Waals surface area contributed by atoms with E-state index in [1.54, 1.807) is 11.3 Å². The Hall–Kier alpha value is -0.650. The molecule has 5 heteroatoms. The van der Waals surface area contributed by atoms with Crippen molar-refractivity contribution < 1.29 is 0 Å². The van der Waals surface area contributed by atoms with Crippen LogP contribution in [0.2, 0.25) is 0 Å². The average Bonchev–Trinajstić information content (AvgIpc) is 2.78. The molecular formula is C10H12BrN3S. The van der Waals surface area contributed by atoms with E-state index in [1.807, 2.05) is 31.2 Å². The first-order valence-electron chi connectivity index (χ1n) is 4.61. The molecule has 1 atom stereocenters. The molecule has 0 bridgehead atoms. The van der Waals surface area contributed by atoms with Crippen LogP contribution in [-0.4, -0.2) is 16.8 Å². The van der Waals surface area contributed by atoms with Gasteiger partial charge in [0.15, 0.2) is 0 Å². The largest absolute Gasteiger partial charge is 0.309 e. The Labute approximate surface area is 101 Å². The topological polar surface area (TPSA) is 29.9 Å². The van der Waals surface area contributed by atoms with Crippen molar-refractivity contribution in [3.05, 3.63) is 38.8 Å². The Balaban J connectivity index is 2.32. The van der Waals surface area contributed by atoms with Gasteiger partial charge in [0.2, 0.25) is 0 Å². The number of nitrogens with one attached hydrogen (secondary N) is 1. The normalized spacial score (nSPS) is 13.0. The molecule has 0 aliphatic rings. The number of hydrogen-bond donors (Lipinski definition) is 1. The van der Waals surface area contributed by atoms with E-state index in [0.29, 0.717) is 0 Å². The monoisotopic (exact) mass is 285 g/mol. The first kappa shape index (κ1) is 10.9. The Bertz CT molecular complexity index is 409. The van der Waals surface area contributed by atoms with Gasteiger partial charge >= 0.3 is 0 Å². The summed E-state index contributed by atoms with van der Waals surface area (Å²) in [6.07, 6.45) is 3.93. The molecule has 15 heavy (non-hydrogen) atoms. The van der Waals surface area contributed by atoms with Gasteiger partial charge in [0.05, 0.1) is 16.0 Å². The Morgan fingerprint density at radius 2 is 2.33 bits per heavy atom. The van der Waals surface area contributed by atoms with Crippen molar-refractivity contribution in [1.29, 1.82) is 0 Å². The van der Waals surface area contributed by atoms with E-state index in [4.69, 9.17) is 0 Å². The third-order valence-corrected chi connectivity index (χ3v) is 3.91. The molecule has 2 heterocycles. The average molecular weight is 286 g/mol. The molecule has 0 spiro atoms. The molecule has 80 valence electrons. The molecule has 0 aliphatic carbocycles. The molecule has 0 radical (unpaired) electrons. The quantitative estimate of drug-likeness (QED) is 0.939. The second-order valence-corrected chi connectivity index (χ2v) is 5.81. The number of rotatable bonds is 3. The highest BCUT2D eigenvalue weighted by molar-refractivity contribution is 9.11. The molecule has 0 fully saturated rings. The second-order valence-electron chi connectivity index (χ2n) is 3.31. The molecule has 3 nitrogen and oxygen atoms in total. The van der Waals surface area contributed by atoms with Gasteiger partial charge in [-0.05, 0) is 35.1 Å². The maximum Gasteiger partial charge on any atom is 0.0702 e. The fourth-order valence-corrected chi connectivity index (χ4v) is 3.11. The van der Waals surface area contributed by atoms with Crippen molar-refractivity contribution >= 4 is 27.3 Å². The van der Waals surface area contributed by atoms with E-state index in [0.717, 1.165) is 3.79 Å². The minimum absolute atomic E-state index is 0.231. The van der Waals surface area contributed by atoms with E-state index < -0.39 is 0 Å². The zero-order valence-corrected chi connectivity index (χ0v) is 11.0. The van der Waals surface area contributed by atoms with Crippen LogP contribution >= 0.6 is 27.3 Å². The van der Waals surface area contributed by atoms with Gasteiger partial charge in [0.25, 0.3) is 0 Å². The summed E-state index contributed by atoms with van der Waals surface area (Å²) in [4.78, 5) is 1.29. The van der Waals surface area contributed by atoms with Gasteiger partial charge in [0.1, 0.15) is 0 Å². The fraction of sp³-hybridized carbons (Fsp3) is 0.300. The van der Waals surface area contributed by atoms with Crippen molar-refractivity contribution in [2.24, 2.45) is 7.05 Å². The van der Waals surface area contributed by atoms with Gasteiger partial charge in [-0.25, -0.2) is 0 Å². The molecule has 0 saturated heterocycles. The van der Waals surface area contributed by atoms with Crippen molar-refractivity contribution in [2.45, 2.75) is 6.04 Å². The molecule has 0 amide bonds. The van der Waals surface area contributed by atoms with Gasteiger partial charge in [-0.1, -0.05) is 0 Å². The molecule has 2 rings (SSSR count). The van der Waals surface area contributed by atoms with Gasteiger partial charge in [0, 0.05) is 23.7 Å². The Morgan fingerprint density at radius 1 is 1.53 bits per heavy atom. The third kappa shape index (κ3) is 2.30. The summed E-state index contributed by atoms with van der Waals surface area (Å²) < 4.78 is 2.98. The lowest BCUT2D eigenvalue weighted by atomic mass is 10.1. The van der Waals surface area contributed by atoms with Crippen molar-refractivity contribution in [3.63, 3.8) is 0 Å². The van der Waals surface area contributed by atoms with E-state index >= 15 is 0 Å². The van der Waals surface area contributed by atoms with E-state index in [2.05, 4.69) is 38.5 Å². The predicted octanol–water partition coefficient (Wildman–Crippen LogP) is 2.55. The second kappa shape index (κ2) is 4.47. The van der Waals surface area contributed by atoms with Crippen molar-refractivity contribution in [1.82, 2.24) is 15.1 Å². The fourth-order valence-electron chi connectivity index (χ4n) is 1.55. The molecule has 2 aromatic rings. The zero-order valence-electron chi connectivity index (χ0n) is 8.57. The van der Waals surface area contributed by atoms with Gasteiger partial charge in [-0.3, -0.25) is 4.68 Å². The van der Waals surface area contributed by atoms with Crippen LogP contribution in [0.25, 0.3) is 0 Å². The number of aromatic nitrogens is 2. The maximum atomic E-state index is 4.19. The minimum atomic E-state index is 0.231. The lowest BCUT2D eigenvalue weighted by Crippen LogP contribution is -2.15. The Kier molecular flexibility index (Phi) is 3.23. The maximum absolute atomic E-state index is 4.19. The summed E-state index contributed by atoms with van der Waals surface area (Å²) >= 11 is 5.22. The Morgan fingerprint density at radius 3 is 2.80 bits per heavy atom. The summed E-state index contributed by atoms with van der Waals surface area (Å²) in [6.45, 7) is 0. The summed E-state index contributed by atoms with van der Waals surface area (Å²) in [6, 6.07) is 4.43. The third-order valence-electron chi connectivity index (χ3n) is 2.23. The molecule has 1 unspecified atom stereocenters. The highest BCUT2D eigenvalue weighted by Crippen LogP contribution is 2.30. The van der Waals surface area contributed by atoms with Crippen LogP contribution in [0.4, 0.5) is 0 Å². The molecule has 0 saturated carbocycles. The van der Waals surface area contributed by atoms with Crippen LogP contribution < -0.4 is 5.32 Å². The molecule has 0 aromatic carbocycles. The summed E-state index contributed by atoms with van der Waals surface area (Å²) in [7, 11) is 3.89. The minimum Gasteiger partial charge on any atom is -0.309 e. The summed E-state index contributed by atoms with van der Waals surface area (Å²) in [5, 5.41) is 7.48. The highest BCUT2D eigenvalue weighted by Gasteiger charge is 2.15. The van der Waals surface area contributed by atoms with Crippen LogP contribution in [0.5, 0.6) is 0 Å². The van der Waals surface area contributed by atoms with Crippen LogP contribution in [0, 0.1) is 0 Å². The predicted molar refractivity (Wildman–Crippen MR) is 66.1 cm³/mol. The lowest BCUT2D eigenvalue weighted by Gasteiger charge is -2.11. The molecule has 0 aliphatic heterocycles. The van der Waals surface area contributed by atoms with E-state index in [-0.39, 0.29) is 6.04 Å². The highest BCUT2D eigenvalue weighted by atomic mass is 79.9. The first-order valence-corrected chi connectivity index (χ1v) is 6.22. The number of thiophene rings is 1. The van der Waals surface area contributed by atoms with Crippen LogP contribution in [0.1, 0.15) is 16.5 Å². The molecule has 1 N–H and O–H groups in total. The number of aryl methyl sites for hydroxylation is 1. The van der Waals surface area contributed by atoms with E-state index in [9.17, 15) is 0 Å². The van der Waals surface area contributed by atoms with Crippen LogP contribution in [-0.2, 0) is 7.05 Å². The van der Waals surface area contributed by atoms with Gasteiger partial charge in [-0.2, -0.15) is 5.10 Å². The lowest BCUT2D eigenvalue weighted by molar-refractivity contribution is 0.701. The van der Waals surface area contributed by atoms with E-state index in [1.165, 1.54) is 10.4 Å². The van der Waals surface area contributed by atoms with Crippen molar-refractivity contribution in [3.8, 4) is 0 Å². The summed E-state index contributed by atoms with van der Waals surface area (Å²) in [5.41, 5.74) is 1.19. The number of halogens is 1.